The second-order valence-corrected chi connectivity index (χ2v) is 7.85. The van der Waals surface area contributed by atoms with E-state index in [1.54, 1.807) is 4.90 Å². The number of ether oxygens (including phenoxy) is 1. The lowest BCUT2D eigenvalue weighted by Gasteiger charge is -2.36. The predicted molar refractivity (Wildman–Crippen MR) is 94.9 cm³/mol. The number of amides is 1. The molecule has 0 saturated carbocycles. The molecule has 1 atom stereocenters. The number of ketones is 1. The van der Waals surface area contributed by atoms with Gasteiger partial charge in [-0.25, -0.2) is 4.79 Å². The molecule has 2 aliphatic rings. The standard InChI is InChI=1S/C19H30N2O3/c1-14-6-7-16(12-17(14)22)15(2)13-20-8-10-21(11-9-20)18(23)24-19(3,4)5/h6,16H,2,7-13H2,1,3-5H3/t16-/m1/s1. The first-order chi connectivity index (χ1) is 11.2. The van der Waals surface area contributed by atoms with Gasteiger partial charge < -0.3 is 9.64 Å². The fraction of sp³-hybridized carbons (Fsp3) is 0.684. The molecule has 0 aromatic carbocycles. The summed E-state index contributed by atoms with van der Waals surface area (Å²) in [6.45, 7) is 15.5. The Balaban J connectivity index is 1.78. The van der Waals surface area contributed by atoms with E-state index in [9.17, 15) is 9.59 Å². The van der Waals surface area contributed by atoms with Crippen molar-refractivity contribution in [3.63, 3.8) is 0 Å². The van der Waals surface area contributed by atoms with Crippen LogP contribution in [0.4, 0.5) is 4.79 Å². The number of hydrogen-bond donors (Lipinski definition) is 0. The lowest BCUT2D eigenvalue weighted by Crippen LogP contribution is -2.50. The minimum atomic E-state index is -0.457. The maximum atomic E-state index is 12.1. The average Bonchev–Trinajstić information content (AvgIpc) is 2.49. The van der Waals surface area contributed by atoms with Crippen LogP contribution in [-0.2, 0) is 9.53 Å². The number of hydrogen-bond acceptors (Lipinski definition) is 4. The number of nitrogens with zero attached hydrogens (tertiary/aromatic N) is 2. The van der Waals surface area contributed by atoms with Crippen LogP contribution in [0.2, 0.25) is 0 Å². The number of carbonyl (C=O) groups is 2. The summed E-state index contributed by atoms with van der Waals surface area (Å²) in [4.78, 5) is 28.0. The molecule has 0 unspecified atom stereocenters. The Bertz CT molecular complexity index is 537. The second kappa shape index (κ2) is 7.51. The number of piperazine rings is 1. The zero-order valence-electron chi connectivity index (χ0n) is 15.4. The maximum Gasteiger partial charge on any atom is 0.410 e. The van der Waals surface area contributed by atoms with Crippen LogP contribution in [0, 0.1) is 5.92 Å². The molecule has 0 spiro atoms. The molecule has 0 aromatic rings. The first-order valence-electron chi connectivity index (χ1n) is 8.73. The van der Waals surface area contributed by atoms with Crippen LogP contribution < -0.4 is 0 Å². The average molecular weight is 334 g/mol. The summed E-state index contributed by atoms with van der Waals surface area (Å²) in [5, 5.41) is 0. The van der Waals surface area contributed by atoms with Crippen LogP contribution in [0.5, 0.6) is 0 Å². The Hall–Kier alpha value is -1.62. The lowest BCUT2D eigenvalue weighted by molar-refractivity contribution is -0.116. The van der Waals surface area contributed by atoms with Crippen molar-refractivity contribution in [3.8, 4) is 0 Å². The van der Waals surface area contributed by atoms with Crippen LogP contribution in [0.25, 0.3) is 0 Å². The molecule has 2 rings (SSSR count). The molecule has 0 radical (unpaired) electrons. The zero-order valence-corrected chi connectivity index (χ0v) is 15.4. The summed E-state index contributed by atoms with van der Waals surface area (Å²) in [5.41, 5.74) is 1.55. The van der Waals surface area contributed by atoms with Crippen molar-refractivity contribution in [3.05, 3.63) is 23.8 Å². The van der Waals surface area contributed by atoms with Crippen molar-refractivity contribution in [1.82, 2.24) is 9.80 Å². The van der Waals surface area contributed by atoms with Crippen LogP contribution in [0.1, 0.15) is 40.5 Å². The van der Waals surface area contributed by atoms with E-state index < -0.39 is 5.60 Å². The third kappa shape index (κ3) is 5.20. The second-order valence-electron chi connectivity index (χ2n) is 7.85. The molecule has 5 heteroatoms. The number of rotatable bonds is 3. The quantitative estimate of drug-likeness (QED) is 0.745. The normalized spacial score (nSPS) is 23.0. The van der Waals surface area contributed by atoms with E-state index in [0.717, 1.165) is 37.2 Å². The summed E-state index contributed by atoms with van der Waals surface area (Å²) in [5.74, 6) is 0.493. The Morgan fingerprint density at radius 1 is 1.29 bits per heavy atom. The van der Waals surface area contributed by atoms with Crippen LogP contribution in [0.3, 0.4) is 0 Å². The zero-order chi connectivity index (χ0) is 17.9. The highest BCUT2D eigenvalue weighted by atomic mass is 16.6. The van der Waals surface area contributed by atoms with Crippen molar-refractivity contribution in [2.75, 3.05) is 32.7 Å². The number of Topliss-reactive ketones (excluding diaryl/α,β-unsaturated/α-hetero) is 1. The van der Waals surface area contributed by atoms with Crippen molar-refractivity contribution in [2.45, 2.75) is 46.1 Å². The highest BCUT2D eigenvalue weighted by molar-refractivity contribution is 5.95. The van der Waals surface area contributed by atoms with Gasteiger partial charge in [-0.1, -0.05) is 18.2 Å². The van der Waals surface area contributed by atoms with E-state index >= 15 is 0 Å². The molecule has 1 saturated heterocycles. The van der Waals surface area contributed by atoms with Gasteiger partial charge in [0.1, 0.15) is 5.60 Å². The molecule has 0 bridgehead atoms. The van der Waals surface area contributed by atoms with Gasteiger partial charge in [-0.15, -0.1) is 0 Å². The molecule has 1 fully saturated rings. The van der Waals surface area contributed by atoms with Gasteiger partial charge in [-0.2, -0.15) is 0 Å². The predicted octanol–water partition coefficient (Wildman–Crippen LogP) is 3.02. The van der Waals surface area contributed by atoms with Gasteiger partial charge in [-0.3, -0.25) is 9.69 Å². The molecule has 0 N–H and O–H groups in total. The van der Waals surface area contributed by atoms with Gasteiger partial charge in [0, 0.05) is 39.1 Å². The minimum absolute atomic E-state index is 0.237. The van der Waals surface area contributed by atoms with Crippen molar-refractivity contribution in [1.29, 1.82) is 0 Å². The van der Waals surface area contributed by atoms with Gasteiger partial charge in [0.05, 0.1) is 0 Å². The Kier molecular flexibility index (Phi) is 5.86. The van der Waals surface area contributed by atoms with Crippen LogP contribution in [-0.4, -0.2) is 60.0 Å². The molecule has 24 heavy (non-hydrogen) atoms. The molecule has 1 amide bonds. The van der Waals surface area contributed by atoms with Gasteiger partial charge in [0.15, 0.2) is 5.78 Å². The maximum absolute atomic E-state index is 12.1. The van der Waals surface area contributed by atoms with Crippen LogP contribution in [0.15, 0.2) is 23.8 Å². The Labute approximate surface area is 145 Å². The topological polar surface area (TPSA) is 49.9 Å². The van der Waals surface area contributed by atoms with Crippen molar-refractivity contribution < 1.29 is 14.3 Å². The highest BCUT2D eigenvalue weighted by Gasteiger charge is 2.27. The Morgan fingerprint density at radius 3 is 2.46 bits per heavy atom. The summed E-state index contributed by atoms with van der Waals surface area (Å²) < 4.78 is 5.42. The first kappa shape index (κ1) is 18.7. The molecule has 1 aliphatic carbocycles. The van der Waals surface area contributed by atoms with Gasteiger partial charge in [-0.05, 0) is 45.6 Å². The fourth-order valence-electron chi connectivity index (χ4n) is 3.04. The smallest absolute Gasteiger partial charge is 0.410 e. The summed E-state index contributed by atoms with van der Waals surface area (Å²) in [6.07, 6.45) is 3.29. The van der Waals surface area contributed by atoms with Gasteiger partial charge in [0.2, 0.25) is 0 Å². The highest BCUT2D eigenvalue weighted by Crippen LogP contribution is 2.27. The number of allylic oxidation sites excluding steroid dienone is 2. The summed E-state index contributed by atoms with van der Waals surface area (Å²) in [6, 6.07) is 0. The largest absolute Gasteiger partial charge is 0.444 e. The molecule has 5 nitrogen and oxygen atoms in total. The van der Waals surface area contributed by atoms with E-state index in [-0.39, 0.29) is 17.8 Å². The Morgan fingerprint density at radius 2 is 1.92 bits per heavy atom. The molecule has 0 aromatic heterocycles. The van der Waals surface area contributed by atoms with E-state index in [4.69, 9.17) is 4.74 Å². The third-order valence-electron chi connectivity index (χ3n) is 4.61. The van der Waals surface area contributed by atoms with E-state index in [1.165, 1.54) is 0 Å². The van der Waals surface area contributed by atoms with E-state index in [2.05, 4.69) is 11.5 Å². The summed E-state index contributed by atoms with van der Waals surface area (Å²) >= 11 is 0. The van der Waals surface area contributed by atoms with E-state index in [0.29, 0.717) is 19.5 Å². The van der Waals surface area contributed by atoms with Crippen molar-refractivity contribution in [2.24, 2.45) is 5.92 Å². The molecule has 1 aliphatic heterocycles. The lowest BCUT2D eigenvalue weighted by atomic mass is 9.84. The first-order valence-corrected chi connectivity index (χ1v) is 8.73. The monoisotopic (exact) mass is 334 g/mol. The third-order valence-corrected chi connectivity index (χ3v) is 4.61. The SMILES string of the molecule is C=C(CN1CCN(C(=O)OC(C)(C)C)CC1)[C@@H]1CC=C(C)C(=O)C1. The molecule has 134 valence electrons. The molecular formula is C19H30N2O3. The molecule has 1 heterocycles. The van der Waals surface area contributed by atoms with Crippen molar-refractivity contribution >= 4 is 11.9 Å². The van der Waals surface area contributed by atoms with Crippen LogP contribution >= 0.6 is 0 Å². The van der Waals surface area contributed by atoms with Gasteiger partial charge in [0.25, 0.3) is 0 Å². The fourth-order valence-corrected chi connectivity index (χ4v) is 3.04. The number of carbonyl (C=O) groups excluding carboxylic acids is 2. The van der Waals surface area contributed by atoms with E-state index in [1.807, 2.05) is 33.8 Å². The molecular weight excluding hydrogens is 304 g/mol. The van der Waals surface area contributed by atoms with Gasteiger partial charge >= 0.3 is 6.09 Å². The minimum Gasteiger partial charge on any atom is -0.444 e. The summed E-state index contributed by atoms with van der Waals surface area (Å²) in [7, 11) is 0.